The summed E-state index contributed by atoms with van der Waals surface area (Å²) < 4.78 is 5.39. The highest BCUT2D eigenvalue weighted by Crippen LogP contribution is 2.47. The van der Waals surface area contributed by atoms with E-state index in [4.69, 9.17) is 4.74 Å². The van der Waals surface area contributed by atoms with E-state index < -0.39 is 6.29 Å². The van der Waals surface area contributed by atoms with Crippen LogP contribution in [0.5, 0.6) is 0 Å². The molecular formula is C12H20O2. The molecule has 14 heavy (non-hydrogen) atoms. The number of rotatable bonds is 0. The van der Waals surface area contributed by atoms with Gasteiger partial charge >= 0.3 is 0 Å². The topological polar surface area (TPSA) is 29.5 Å². The van der Waals surface area contributed by atoms with E-state index in [0.717, 1.165) is 38.7 Å². The van der Waals surface area contributed by atoms with Gasteiger partial charge in [0.1, 0.15) is 0 Å². The van der Waals surface area contributed by atoms with E-state index in [-0.39, 0.29) is 5.41 Å². The molecule has 0 saturated carbocycles. The van der Waals surface area contributed by atoms with Crippen molar-refractivity contribution >= 4 is 0 Å². The van der Waals surface area contributed by atoms with Crippen molar-refractivity contribution in [2.24, 2.45) is 5.41 Å². The lowest BCUT2D eigenvalue weighted by molar-refractivity contribution is -0.206. The third kappa shape index (κ3) is 1.61. The fraction of sp³-hybridized carbons (Fsp3) is 0.833. The minimum Gasteiger partial charge on any atom is -0.367 e. The second kappa shape index (κ2) is 3.67. The van der Waals surface area contributed by atoms with Gasteiger partial charge in [-0.15, -0.1) is 0 Å². The normalized spacial score (nSPS) is 39.2. The average molecular weight is 196 g/mol. The van der Waals surface area contributed by atoms with Crippen molar-refractivity contribution in [3.05, 3.63) is 11.1 Å². The summed E-state index contributed by atoms with van der Waals surface area (Å²) >= 11 is 0. The maximum Gasteiger partial charge on any atom is 0.160 e. The third-order valence-electron chi connectivity index (χ3n) is 3.96. The number of aliphatic hydroxyl groups excluding tert-OH is 1. The summed E-state index contributed by atoms with van der Waals surface area (Å²) in [5, 5.41) is 9.94. The summed E-state index contributed by atoms with van der Waals surface area (Å²) in [6.45, 7) is 5.13. The van der Waals surface area contributed by atoms with Gasteiger partial charge in [-0.2, -0.15) is 0 Å². The van der Waals surface area contributed by atoms with Crippen molar-refractivity contribution in [3.63, 3.8) is 0 Å². The SMILES string of the molecule is CC1=C(C)CC2(CCCOC2O)CC1. The molecule has 0 aromatic rings. The van der Waals surface area contributed by atoms with Crippen LogP contribution < -0.4 is 0 Å². The fourth-order valence-electron chi connectivity index (χ4n) is 2.76. The average Bonchev–Trinajstić information content (AvgIpc) is 2.17. The monoisotopic (exact) mass is 196 g/mol. The van der Waals surface area contributed by atoms with Gasteiger partial charge in [0.25, 0.3) is 0 Å². The highest BCUT2D eigenvalue weighted by atomic mass is 16.6. The quantitative estimate of drug-likeness (QED) is 0.603. The lowest BCUT2D eigenvalue weighted by Crippen LogP contribution is -2.42. The Kier molecular flexibility index (Phi) is 2.67. The zero-order valence-corrected chi connectivity index (χ0v) is 9.18. The molecule has 1 N–H and O–H groups in total. The van der Waals surface area contributed by atoms with Gasteiger partial charge in [-0.3, -0.25) is 0 Å². The maximum atomic E-state index is 9.94. The van der Waals surface area contributed by atoms with E-state index in [1.165, 1.54) is 11.1 Å². The third-order valence-corrected chi connectivity index (χ3v) is 3.96. The minimum atomic E-state index is -0.528. The molecule has 2 heteroatoms. The highest BCUT2D eigenvalue weighted by Gasteiger charge is 2.42. The van der Waals surface area contributed by atoms with Crippen molar-refractivity contribution in [1.82, 2.24) is 0 Å². The molecule has 0 aromatic carbocycles. The van der Waals surface area contributed by atoms with Crippen LogP contribution in [0.25, 0.3) is 0 Å². The Labute approximate surface area is 86.0 Å². The molecule has 1 saturated heterocycles. The zero-order chi connectivity index (χ0) is 10.2. The molecule has 0 aromatic heterocycles. The van der Waals surface area contributed by atoms with Gasteiger partial charge in [0.15, 0.2) is 6.29 Å². The van der Waals surface area contributed by atoms with Crippen LogP contribution >= 0.6 is 0 Å². The largest absolute Gasteiger partial charge is 0.367 e. The van der Waals surface area contributed by atoms with Crippen molar-refractivity contribution in [2.45, 2.75) is 52.2 Å². The van der Waals surface area contributed by atoms with Gasteiger partial charge < -0.3 is 9.84 Å². The Morgan fingerprint density at radius 3 is 2.71 bits per heavy atom. The molecule has 2 aliphatic rings. The van der Waals surface area contributed by atoms with E-state index in [2.05, 4.69) is 13.8 Å². The molecule has 0 radical (unpaired) electrons. The Morgan fingerprint density at radius 1 is 1.29 bits per heavy atom. The standard InChI is InChI=1S/C12H20O2/c1-9-4-6-12(8-10(9)2)5-3-7-14-11(12)13/h11,13H,3-8H2,1-2H3. The number of ether oxygens (including phenoxy) is 1. The van der Waals surface area contributed by atoms with Crippen molar-refractivity contribution < 1.29 is 9.84 Å². The van der Waals surface area contributed by atoms with E-state index in [9.17, 15) is 5.11 Å². The first-order valence-corrected chi connectivity index (χ1v) is 5.59. The van der Waals surface area contributed by atoms with Gasteiger partial charge in [0.2, 0.25) is 0 Å². The first kappa shape index (κ1) is 10.2. The number of aliphatic hydroxyl groups is 1. The molecule has 80 valence electrons. The van der Waals surface area contributed by atoms with Gasteiger partial charge in [-0.1, -0.05) is 11.1 Å². The smallest absolute Gasteiger partial charge is 0.160 e. The predicted molar refractivity (Wildman–Crippen MR) is 55.9 cm³/mol. The summed E-state index contributed by atoms with van der Waals surface area (Å²) in [4.78, 5) is 0. The molecule has 0 amide bonds. The first-order valence-electron chi connectivity index (χ1n) is 5.59. The van der Waals surface area contributed by atoms with Crippen LogP contribution in [0.3, 0.4) is 0 Å². The summed E-state index contributed by atoms with van der Waals surface area (Å²) in [5.74, 6) is 0. The summed E-state index contributed by atoms with van der Waals surface area (Å²) in [6, 6.07) is 0. The second-order valence-corrected chi connectivity index (χ2v) is 4.93. The van der Waals surface area contributed by atoms with Crippen molar-refractivity contribution in [2.75, 3.05) is 6.61 Å². The van der Waals surface area contributed by atoms with E-state index >= 15 is 0 Å². The van der Waals surface area contributed by atoms with Crippen LogP contribution in [-0.4, -0.2) is 18.0 Å². The Balaban J connectivity index is 2.17. The molecule has 1 heterocycles. The van der Waals surface area contributed by atoms with Crippen molar-refractivity contribution in [1.29, 1.82) is 0 Å². The van der Waals surface area contributed by atoms with Crippen LogP contribution in [0.1, 0.15) is 46.0 Å². The van der Waals surface area contributed by atoms with Crippen LogP contribution in [0.15, 0.2) is 11.1 Å². The molecule has 2 nitrogen and oxygen atoms in total. The minimum absolute atomic E-state index is 0.0435. The van der Waals surface area contributed by atoms with Crippen LogP contribution in [-0.2, 0) is 4.74 Å². The van der Waals surface area contributed by atoms with E-state index in [0.29, 0.717) is 0 Å². The molecule has 2 atom stereocenters. The lowest BCUT2D eigenvalue weighted by Gasteiger charge is -2.44. The summed E-state index contributed by atoms with van der Waals surface area (Å²) in [7, 11) is 0. The van der Waals surface area contributed by atoms with E-state index in [1.807, 2.05) is 0 Å². The lowest BCUT2D eigenvalue weighted by atomic mass is 9.68. The predicted octanol–water partition coefficient (Wildman–Crippen LogP) is 2.62. The van der Waals surface area contributed by atoms with E-state index in [1.54, 1.807) is 0 Å². The molecule has 1 fully saturated rings. The number of allylic oxidation sites excluding steroid dienone is 2. The second-order valence-electron chi connectivity index (χ2n) is 4.93. The van der Waals surface area contributed by atoms with Gasteiger partial charge in [-0.25, -0.2) is 0 Å². The van der Waals surface area contributed by atoms with Crippen LogP contribution in [0, 0.1) is 5.41 Å². The van der Waals surface area contributed by atoms with Gasteiger partial charge in [0, 0.05) is 12.0 Å². The maximum absolute atomic E-state index is 9.94. The van der Waals surface area contributed by atoms with Crippen LogP contribution in [0.2, 0.25) is 0 Å². The molecule has 1 aliphatic carbocycles. The molecule has 2 rings (SSSR count). The fourth-order valence-corrected chi connectivity index (χ4v) is 2.76. The highest BCUT2D eigenvalue weighted by molar-refractivity contribution is 5.17. The van der Waals surface area contributed by atoms with Crippen molar-refractivity contribution in [3.8, 4) is 0 Å². The Bertz CT molecular complexity index is 257. The molecule has 0 bridgehead atoms. The Morgan fingerprint density at radius 2 is 2.07 bits per heavy atom. The molecule has 2 unspecified atom stereocenters. The zero-order valence-electron chi connectivity index (χ0n) is 9.18. The molecule has 1 aliphatic heterocycles. The van der Waals surface area contributed by atoms with Gasteiger partial charge in [0.05, 0.1) is 0 Å². The Hall–Kier alpha value is -0.340. The molecule has 1 spiro atoms. The summed E-state index contributed by atoms with van der Waals surface area (Å²) in [5.41, 5.74) is 3.01. The number of hydrogen-bond donors (Lipinski definition) is 1. The van der Waals surface area contributed by atoms with Crippen LogP contribution in [0.4, 0.5) is 0 Å². The first-order chi connectivity index (χ1) is 6.64. The number of hydrogen-bond acceptors (Lipinski definition) is 2. The molecular weight excluding hydrogens is 176 g/mol. The van der Waals surface area contributed by atoms with Gasteiger partial charge in [-0.05, 0) is 46.0 Å². The summed E-state index contributed by atoms with van der Waals surface area (Å²) in [6.07, 6.45) is 4.95.